The summed E-state index contributed by atoms with van der Waals surface area (Å²) in [5, 5.41) is 20.2. The van der Waals surface area contributed by atoms with E-state index in [0.717, 1.165) is 0 Å². The number of rotatable bonds is 1. The monoisotopic (exact) mass is 201 g/mol. The lowest BCUT2D eigenvalue weighted by Crippen LogP contribution is -2.22. The van der Waals surface area contributed by atoms with Gasteiger partial charge in [-0.1, -0.05) is 11.8 Å². The molecule has 0 amide bonds. The van der Waals surface area contributed by atoms with Crippen molar-refractivity contribution in [1.29, 1.82) is 0 Å². The minimum Gasteiger partial charge on any atom is -0.390 e. The van der Waals surface area contributed by atoms with Crippen LogP contribution in [0.4, 0.5) is 5.82 Å². The van der Waals surface area contributed by atoms with Crippen LogP contribution in [0.25, 0.3) is 0 Å². The largest absolute Gasteiger partial charge is 0.390 e. The molecule has 0 aliphatic carbocycles. The fourth-order valence-electron chi connectivity index (χ4n) is 1.17. The standard InChI is InChI=1S/C6H7N3O3S/c10-4-1-8-2-5(9(11)12)7-6(8)13-3-4/h2,4,10H,1,3H2. The van der Waals surface area contributed by atoms with Gasteiger partial charge in [0.05, 0.1) is 12.6 Å². The van der Waals surface area contributed by atoms with Crippen molar-refractivity contribution >= 4 is 17.6 Å². The van der Waals surface area contributed by atoms with Gasteiger partial charge in [0.1, 0.15) is 6.20 Å². The van der Waals surface area contributed by atoms with E-state index in [9.17, 15) is 15.2 Å². The highest BCUT2D eigenvalue weighted by Gasteiger charge is 2.25. The summed E-state index contributed by atoms with van der Waals surface area (Å²) in [6, 6.07) is 0. The van der Waals surface area contributed by atoms with Gasteiger partial charge in [-0.05, 0) is 9.91 Å². The van der Waals surface area contributed by atoms with Crippen LogP contribution in [0, 0.1) is 10.1 Å². The maximum Gasteiger partial charge on any atom is 0.382 e. The Balaban J connectivity index is 2.33. The summed E-state index contributed by atoms with van der Waals surface area (Å²) in [6.45, 7) is 0.392. The average Bonchev–Trinajstić information content (AvgIpc) is 2.46. The number of aromatic nitrogens is 2. The van der Waals surface area contributed by atoms with Crippen molar-refractivity contribution in [2.24, 2.45) is 0 Å². The Labute approximate surface area is 77.7 Å². The van der Waals surface area contributed by atoms with Gasteiger partial charge in [-0.25, -0.2) is 0 Å². The van der Waals surface area contributed by atoms with Crippen LogP contribution in [0.1, 0.15) is 0 Å². The molecular formula is C6H7N3O3S. The lowest BCUT2D eigenvalue weighted by Gasteiger charge is -2.15. The van der Waals surface area contributed by atoms with Crippen LogP contribution in [-0.4, -0.2) is 31.4 Å². The molecule has 1 atom stereocenters. The van der Waals surface area contributed by atoms with Crippen molar-refractivity contribution in [3.05, 3.63) is 16.3 Å². The molecule has 2 heterocycles. The van der Waals surface area contributed by atoms with Crippen LogP contribution in [0.3, 0.4) is 0 Å². The van der Waals surface area contributed by atoms with E-state index in [1.54, 1.807) is 4.57 Å². The first-order chi connectivity index (χ1) is 6.16. The number of imidazole rings is 1. The van der Waals surface area contributed by atoms with E-state index in [4.69, 9.17) is 0 Å². The maximum absolute atomic E-state index is 10.4. The van der Waals surface area contributed by atoms with Gasteiger partial charge < -0.3 is 15.2 Å². The summed E-state index contributed by atoms with van der Waals surface area (Å²) in [5.41, 5.74) is 0. The van der Waals surface area contributed by atoms with Crippen LogP contribution in [-0.2, 0) is 6.54 Å². The molecule has 1 aliphatic heterocycles. The molecule has 0 bridgehead atoms. The van der Waals surface area contributed by atoms with Crippen molar-refractivity contribution < 1.29 is 10.0 Å². The molecule has 1 aliphatic rings. The zero-order chi connectivity index (χ0) is 9.42. The number of nitro groups is 1. The number of hydrogen-bond acceptors (Lipinski definition) is 5. The first-order valence-electron chi connectivity index (χ1n) is 3.69. The Morgan fingerprint density at radius 3 is 3.31 bits per heavy atom. The molecule has 2 rings (SSSR count). The molecule has 70 valence electrons. The predicted octanol–water partition coefficient (Wildman–Crippen LogP) is 0.258. The lowest BCUT2D eigenvalue weighted by molar-refractivity contribution is -0.389. The molecular weight excluding hydrogens is 194 g/mol. The van der Waals surface area contributed by atoms with E-state index in [1.165, 1.54) is 18.0 Å². The first-order valence-corrected chi connectivity index (χ1v) is 4.68. The fourth-order valence-corrected chi connectivity index (χ4v) is 2.07. The molecule has 1 unspecified atom stereocenters. The van der Waals surface area contributed by atoms with Crippen LogP contribution in [0.15, 0.2) is 11.4 Å². The minimum absolute atomic E-state index is 0.156. The Morgan fingerprint density at radius 1 is 1.85 bits per heavy atom. The van der Waals surface area contributed by atoms with E-state index in [2.05, 4.69) is 4.98 Å². The third-order valence-corrected chi connectivity index (χ3v) is 2.86. The van der Waals surface area contributed by atoms with Crippen molar-refractivity contribution in [2.75, 3.05) is 5.75 Å². The molecule has 13 heavy (non-hydrogen) atoms. The lowest BCUT2D eigenvalue weighted by atomic mass is 10.4. The van der Waals surface area contributed by atoms with Crippen molar-refractivity contribution in [3.63, 3.8) is 0 Å². The number of thioether (sulfide) groups is 1. The third kappa shape index (κ3) is 1.52. The Hall–Kier alpha value is -1.08. The number of nitrogens with zero attached hydrogens (tertiary/aromatic N) is 3. The van der Waals surface area contributed by atoms with Gasteiger partial charge in [0.2, 0.25) is 0 Å². The average molecular weight is 201 g/mol. The summed E-state index contributed by atoms with van der Waals surface area (Å²) >= 11 is 1.33. The number of hydrogen-bond donors (Lipinski definition) is 1. The summed E-state index contributed by atoms with van der Waals surface area (Å²) in [7, 11) is 0. The van der Waals surface area contributed by atoms with Gasteiger partial charge in [-0.3, -0.25) is 4.57 Å². The van der Waals surface area contributed by atoms with E-state index in [1.807, 2.05) is 0 Å². The van der Waals surface area contributed by atoms with E-state index < -0.39 is 11.0 Å². The molecule has 6 nitrogen and oxygen atoms in total. The topological polar surface area (TPSA) is 81.2 Å². The Bertz CT molecular complexity index is 351. The molecule has 7 heteroatoms. The zero-order valence-corrected chi connectivity index (χ0v) is 7.40. The van der Waals surface area contributed by atoms with Crippen LogP contribution in [0.5, 0.6) is 0 Å². The van der Waals surface area contributed by atoms with Gasteiger partial charge in [0.15, 0.2) is 0 Å². The molecule has 0 fully saturated rings. The second kappa shape index (κ2) is 3.00. The number of aliphatic hydroxyl groups excluding tert-OH is 1. The number of fused-ring (bicyclic) bond motifs is 1. The molecule has 1 N–H and O–H groups in total. The highest BCUT2D eigenvalue weighted by molar-refractivity contribution is 7.99. The quantitative estimate of drug-likeness (QED) is 0.520. The SMILES string of the molecule is O=[N+]([O-])c1cn2c(n1)SCC(O)C2. The fraction of sp³-hybridized carbons (Fsp3) is 0.500. The van der Waals surface area contributed by atoms with E-state index >= 15 is 0 Å². The second-order valence-corrected chi connectivity index (χ2v) is 3.74. The molecule has 0 spiro atoms. The molecule has 0 radical (unpaired) electrons. The smallest absolute Gasteiger partial charge is 0.382 e. The molecule has 0 aromatic carbocycles. The summed E-state index contributed by atoms with van der Waals surface area (Å²) in [4.78, 5) is 13.6. The van der Waals surface area contributed by atoms with Crippen molar-refractivity contribution in [3.8, 4) is 0 Å². The highest BCUT2D eigenvalue weighted by Crippen LogP contribution is 2.26. The molecule has 0 saturated carbocycles. The predicted molar refractivity (Wildman–Crippen MR) is 45.6 cm³/mol. The third-order valence-electron chi connectivity index (χ3n) is 1.73. The number of aliphatic hydroxyl groups is 1. The normalized spacial score (nSPS) is 21.2. The molecule has 0 saturated heterocycles. The van der Waals surface area contributed by atoms with Crippen molar-refractivity contribution in [2.45, 2.75) is 17.8 Å². The van der Waals surface area contributed by atoms with Gasteiger partial charge >= 0.3 is 5.82 Å². The minimum atomic E-state index is -0.530. The molecule has 1 aromatic heterocycles. The van der Waals surface area contributed by atoms with E-state index in [0.29, 0.717) is 17.5 Å². The van der Waals surface area contributed by atoms with Crippen LogP contribution >= 0.6 is 11.8 Å². The second-order valence-electron chi connectivity index (χ2n) is 2.76. The van der Waals surface area contributed by atoms with Gasteiger partial charge in [-0.2, -0.15) is 0 Å². The summed E-state index contributed by atoms with van der Waals surface area (Å²) < 4.78 is 1.61. The maximum atomic E-state index is 10.4. The summed E-state index contributed by atoms with van der Waals surface area (Å²) in [5.74, 6) is 0.394. The van der Waals surface area contributed by atoms with Crippen LogP contribution in [0.2, 0.25) is 0 Å². The van der Waals surface area contributed by atoms with Crippen molar-refractivity contribution in [1.82, 2.24) is 9.55 Å². The van der Waals surface area contributed by atoms with Gasteiger partial charge in [-0.15, -0.1) is 0 Å². The highest BCUT2D eigenvalue weighted by atomic mass is 32.2. The Kier molecular flexibility index (Phi) is 1.97. The van der Waals surface area contributed by atoms with Crippen LogP contribution < -0.4 is 0 Å². The van der Waals surface area contributed by atoms with E-state index in [-0.39, 0.29) is 5.82 Å². The van der Waals surface area contributed by atoms with Gasteiger partial charge in [0.25, 0.3) is 5.16 Å². The zero-order valence-electron chi connectivity index (χ0n) is 6.58. The Morgan fingerprint density at radius 2 is 2.62 bits per heavy atom. The first kappa shape index (κ1) is 8.52. The van der Waals surface area contributed by atoms with Gasteiger partial charge in [0, 0.05) is 5.75 Å². The molecule has 1 aromatic rings. The summed E-state index contributed by atoms with van der Waals surface area (Å²) in [6.07, 6.45) is 0.913.